The molecule has 3 heterocycles. The second-order valence-corrected chi connectivity index (χ2v) is 8.12. The van der Waals surface area contributed by atoms with E-state index in [9.17, 15) is 0 Å². The molecule has 0 bridgehead atoms. The molecule has 8 heteroatoms. The number of halogens is 1. The first-order valence-corrected chi connectivity index (χ1v) is 11.4. The molecule has 166 valence electrons. The minimum atomic E-state index is 0. The van der Waals surface area contributed by atoms with Crippen LogP contribution in [0.25, 0.3) is 0 Å². The second-order valence-electron chi connectivity index (χ2n) is 8.12. The Kier molecular flexibility index (Phi) is 11.3. The van der Waals surface area contributed by atoms with Crippen molar-refractivity contribution < 1.29 is 0 Å². The molecule has 29 heavy (non-hydrogen) atoms. The van der Waals surface area contributed by atoms with Gasteiger partial charge in [0.1, 0.15) is 11.6 Å². The highest BCUT2D eigenvalue weighted by Gasteiger charge is 2.20. The summed E-state index contributed by atoms with van der Waals surface area (Å²) in [6.07, 6.45) is 12.3. The van der Waals surface area contributed by atoms with Crippen molar-refractivity contribution in [3.63, 3.8) is 0 Å². The number of guanidine groups is 1. The Balaban J connectivity index is 0.00000300. The third kappa shape index (κ3) is 7.38. The quantitative estimate of drug-likeness (QED) is 0.240. The fraction of sp³-hybridized carbons (Fsp3) is 0.857. The molecular weight excluding hydrogens is 477 g/mol. The molecule has 0 amide bonds. The predicted molar refractivity (Wildman–Crippen MR) is 130 cm³/mol. The Hall–Kier alpha value is -0.900. The molecule has 2 aliphatic heterocycles. The molecule has 1 aromatic rings. The van der Waals surface area contributed by atoms with E-state index in [0.29, 0.717) is 0 Å². The van der Waals surface area contributed by atoms with E-state index in [2.05, 4.69) is 42.2 Å². The lowest BCUT2D eigenvalue weighted by molar-refractivity contribution is 0.147. The van der Waals surface area contributed by atoms with Crippen LogP contribution in [0.1, 0.15) is 69.9 Å². The van der Waals surface area contributed by atoms with Crippen molar-refractivity contribution >= 4 is 29.9 Å². The zero-order valence-electron chi connectivity index (χ0n) is 18.3. The smallest absolute Gasteiger partial charge is 0.191 e. The number of nitrogens with zero attached hydrogens (tertiary/aromatic N) is 5. The van der Waals surface area contributed by atoms with Crippen LogP contribution in [-0.4, -0.2) is 64.9 Å². The SMILES string of the molecule is CCC1CCCCN1CCNC(=NC)NCCCc1nnc2n1CCCCC2.I. The molecule has 1 unspecified atom stereocenters. The lowest BCUT2D eigenvalue weighted by Crippen LogP contribution is -2.46. The summed E-state index contributed by atoms with van der Waals surface area (Å²) in [6, 6.07) is 0.767. The summed E-state index contributed by atoms with van der Waals surface area (Å²) < 4.78 is 2.35. The lowest BCUT2D eigenvalue weighted by atomic mass is 10.0. The standard InChI is InChI=1S/C21H39N7.HI/c1-3-18-10-6-8-15-27(18)17-14-24-21(22-2)23-13-9-12-20-26-25-19-11-5-4-7-16-28(19)20;/h18H,3-17H2,1-2H3,(H2,22,23,24);1H. The maximum Gasteiger partial charge on any atom is 0.191 e. The highest BCUT2D eigenvalue weighted by Crippen LogP contribution is 2.18. The molecule has 0 aliphatic carbocycles. The predicted octanol–water partition coefficient (Wildman–Crippen LogP) is 2.98. The molecular formula is C21H40IN7. The molecule has 7 nitrogen and oxygen atoms in total. The van der Waals surface area contributed by atoms with Crippen LogP contribution in [0.5, 0.6) is 0 Å². The van der Waals surface area contributed by atoms with E-state index in [-0.39, 0.29) is 24.0 Å². The zero-order chi connectivity index (χ0) is 19.6. The molecule has 1 atom stereocenters. The summed E-state index contributed by atoms with van der Waals surface area (Å²) >= 11 is 0. The Morgan fingerprint density at radius 1 is 1.07 bits per heavy atom. The maximum atomic E-state index is 4.43. The van der Waals surface area contributed by atoms with Crippen LogP contribution in [0.3, 0.4) is 0 Å². The van der Waals surface area contributed by atoms with Gasteiger partial charge in [-0.2, -0.15) is 0 Å². The van der Waals surface area contributed by atoms with Gasteiger partial charge in [0.25, 0.3) is 0 Å². The Morgan fingerprint density at radius 2 is 1.90 bits per heavy atom. The Morgan fingerprint density at radius 3 is 2.72 bits per heavy atom. The number of aliphatic imine (C=N–C) groups is 1. The second kappa shape index (κ2) is 13.4. The summed E-state index contributed by atoms with van der Waals surface area (Å²) in [5.41, 5.74) is 0. The van der Waals surface area contributed by atoms with Crippen LogP contribution in [0.4, 0.5) is 0 Å². The van der Waals surface area contributed by atoms with Crippen LogP contribution >= 0.6 is 24.0 Å². The molecule has 2 N–H and O–H groups in total. The van der Waals surface area contributed by atoms with Crippen LogP contribution in [0.2, 0.25) is 0 Å². The molecule has 0 saturated carbocycles. The number of aryl methyl sites for hydroxylation is 2. The third-order valence-electron chi connectivity index (χ3n) is 6.19. The number of hydrogen-bond donors (Lipinski definition) is 2. The minimum Gasteiger partial charge on any atom is -0.356 e. The van der Waals surface area contributed by atoms with Crippen molar-refractivity contribution in [3.8, 4) is 0 Å². The van der Waals surface area contributed by atoms with Gasteiger partial charge >= 0.3 is 0 Å². The van der Waals surface area contributed by atoms with Gasteiger partial charge in [0, 0.05) is 52.1 Å². The van der Waals surface area contributed by atoms with E-state index >= 15 is 0 Å². The number of fused-ring (bicyclic) bond motifs is 1. The van der Waals surface area contributed by atoms with Gasteiger partial charge in [0.15, 0.2) is 5.96 Å². The molecule has 3 rings (SSSR count). The molecule has 2 aliphatic rings. The summed E-state index contributed by atoms with van der Waals surface area (Å²) in [7, 11) is 1.85. The van der Waals surface area contributed by atoms with Crippen molar-refractivity contribution in [2.75, 3.05) is 33.2 Å². The Bertz CT molecular complexity index is 616. The topological polar surface area (TPSA) is 70.4 Å². The average molecular weight is 518 g/mol. The maximum absolute atomic E-state index is 4.43. The van der Waals surface area contributed by atoms with Crippen LogP contribution < -0.4 is 10.6 Å². The molecule has 0 radical (unpaired) electrons. The first-order valence-electron chi connectivity index (χ1n) is 11.4. The molecule has 1 aromatic heterocycles. The van der Waals surface area contributed by atoms with Crippen LogP contribution in [0.15, 0.2) is 4.99 Å². The van der Waals surface area contributed by atoms with Crippen molar-refractivity contribution in [3.05, 3.63) is 11.6 Å². The van der Waals surface area contributed by atoms with Crippen LogP contribution in [0, 0.1) is 0 Å². The summed E-state index contributed by atoms with van der Waals surface area (Å²) in [5, 5.41) is 15.8. The van der Waals surface area contributed by atoms with E-state index < -0.39 is 0 Å². The minimum absolute atomic E-state index is 0. The first-order chi connectivity index (χ1) is 13.8. The Labute approximate surface area is 193 Å². The number of piperidine rings is 1. The van der Waals surface area contributed by atoms with E-state index in [0.717, 1.165) is 63.3 Å². The van der Waals surface area contributed by atoms with Gasteiger partial charge in [-0.25, -0.2) is 0 Å². The van der Waals surface area contributed by atoms with Gasteiger partial charge in [-0.05, 0) is 45.1 Å². The summed E-state index contributed by atoms with van der Waals surface area (Å²) in [5.74, 6) is 3.24. The molecule has 1 saturated heterocycles. The van der Waals surface area contributed by atoms with Gasteiger partial charge in [0.05, 0.1) is 0 Å². The van der Waals surface area contributed by atoms with E-state index in [1.807, 2.05) is 7.05 Å². The first kappa shape index (κ1) is 24.4. The fourth-order valence-corrected chi connectivity index (χ4v) is 4.54. The van der Waals surface area contributed by atoms with E-state index in [4.69, 9.17) is 0 Å². The van der Waals surface area contributed by atoms with Crippen molar-refractivity contribution in [2.45, 2.75) is 83.7 Å². The number of hydrogen-bond acceptors (Lipinski definition) is 4. The highest BCUT2D eigenvalue weighted by molar-refractivity contribution is 14.0. The van der Waals surface area contributed by atoms with E-state index in [1.54, 1.807) is 0 Å². The van der Waals surface area contributed by atoms with Gasteiger partial charge in [0.2, 0.25) is 0 Å². The van der Waals surface area contributed by atoms with Crippen molar-refractivity contribution in [1.82, 2.24) is 30.3 Å². The van der Waals surface area contributed by atoms with Crippen molar-refractivity contribution in [2.24, 2.45) is 4.99 Å². The largest absolute Gasteiger partial charge is 0.356 e. The number of likely N-dealkylation sites (tertiary alicyclic amines) is 1. The lowest BCUT2D eigenvalue weighted by Gasteiger charge is -2.35. The number of rotatable bonds is 8. The van der Waals surface area contributed by atoms with E-state index in [1.165, 1.54) is 57.3 Å². The molecule has 1 fully saturated rings. The van der Waals surface area contributed by atoms with Crippen molar-refractivity contribution in [1.29, 1.82) is 0 Å². The summed E-state index contributed by atoms with van der Waals surface area (Å²) in [4.78, 5) is 7.01. The molecule has 0 aromatic carbocycles. The van der Waals surface area contributed by atoms with Gasteiger partial charge in [-0.1, -0.05) is 19.8 Å². The number of nitrogens with one attached hydrogen (secondary N) is 2. The number of aromatic nitrogens is 3. The van der Waals surface area contributed by atoms with Gasteiger partial charge in [-0.3, -0.25) is 9.89 Å². The monoisotopic (exact) mass is 517 g/mol. The third-order valence-corrected chi connectivity index (χ3v) is 6.19. The van der Waals surface area contributed by atoms with Gasteiger partial charge in [-0.15, -0.1) is 34.2 Å². The average Bonchev–Trinajstić information content (AvgIpc) is 2.95. The van der Waals surface area contributed by atoms with Gasteiger partial charge < -0.3 is 15.2 Å². The fourth-order valence-electron chi connectivity index (χ4n) is 4.54. The molecule has 0 spiro atoms. The highest BCUT2D eigenvalue weighted by atomic mass is 127. The summed E-state index contributed by atoms with van der Waals surface area (Å²) in [6.45, 7) is 7.60. The van der Waals surface area contributed by atoms with Crippen LogP contribution in [-0.2, 0) is 19.4 Å². The zero-order valence-corrected chi connectivity index (χ0v) is 20.7. The normalized spacial score (nSPS) is 20.5.